The molecule has 0 saturated carbocycles. The number of aliphatic imine (C=N–C) groups is 1. The Labute approximate surface area is 165 Å². The Morgan fingerprint density at radius 1 is 0.852 bits per heavy atom. The van der Waals surface area contributed by atoms with Gasteiger partial charge in [-0.3, -0.25) is 0 Å². The van der Waals surface area contributed by atoms with Gasteiger partial charge in [-0.25, -0.2) is 4.99 Å². The second-order valence-electron chi connectivity index (χ2n) is 6.14. The molecular weight excluding hydrogens is 354 g/mol. The zero-order valence-corrected chi connectivity index (χ0v) is 16.6. The molecule has 3 nitrogen and oxygen atoms in total. The molecule has 138 valence electrons. The maximum absolute atomic E-state index is 6.14. The maximum Gasteiger partial charge on any atom is 0.144 e. The molecule has 4 heteroatoms. The van der Waals surface area contributed by atoms with Crippen LogP contribution < -0.4 is 9.47 Å². The topological polar surface area (TPSA) is 30.8 Å². The van der Waals surface area contributed by atoms with Crippen molar-refractivity contribution in [3.05, 3.63) is 84.4 Å². The van der Waals surface area contributed by atoms with Crippen molar-refractivity contribution in [1.29, 1.82) is 0 Å². The van der Waals surface area contributed by atoms with Gasteiger partial charge in [0.25, 0.3) is 0 Å². The Morgan fingerprint density at radius 3 is 2.11 bits per heavy atom. The van der Waals surface area contributed by atoms with Crippen LogP contribution in [0.25, 0.3) is 0 Å². The van der Waals surface area contributed by atoms with Crippen molar-refractivity contribution in [2.45, 2.75) is 24.8 Å². The van der Waals surface area contributed by atoms with Crippen molar-refractivity contribution < 1.29 is 9.47 Å². The molecule has 0 bridgehead atoms. The fourth-order valence-corrected chi connectivity index (χ4v) is 3.36. The summed E-state index contributed by atoms with van der Waals surface area (Å²) in [5.74, 6) is 1.59. The van der Waals surface area contributed by atoms with Crippen LogP contribution in [0.4, 0.5) is 5.69 Å². The highest BCUT2D eigenvalue weighted by molar-refractivity contribution is 8.14. The number of aryl methyl sites for hydroxylation is 1. The van der Waals surface area contributed by atoms with Gasteiger partial charge < -0.3 is 9.47 Å². The third-order valence-electron chi connectivity index (χ3n) is 3.96. The van der Waals surface area contributed by atoms with Crippen molar-refractivity contribution in [2.75, 3.05) is 7.11 Å². The van der Waals surface area contributed by atoms with Crippen molar-refractivity contribution in [1.82, 2.24) is 0 Å². The molecule has 0 N–H and O–H groups in total. The molecule has 3 aromatic rings. The predicted molar refractivity (Wildman–Crippen MR) is 114 cm³/mol. The van der Waals surface area contributed by atoms with Gasteiger partial charge in [-0.15, -0.1) is 0 Å². The first-order valence-corrected chi connectivity index (χ1v) is 9.64. The van der Waals surface area contributed by atoms with Crippen LogP contribution in [-0.2, 0) is 0 Å². The highest BCUT2D eigenvalue weighted by Crippen LogP contribution is 2.27. The van der Waals surface area contributed by atoms with Gasteiger partial charge in [0.2, 0.25) is 0 Å². The number of nitrogens with zero attached hydrogens (tertiary/aromatic N) is 1. The Hall–Kier alpha value is -2.72. The van der Waals surface area contributed by atoms with Gasteiger partial charge in [0.05, 0.1) is 12.8 Å². The van der Waals surface area contributed by atoms with Crippen molar-refractivity contribution in [3.8, 4) is 11.5 Å². The van der Waals surface area contributed by atoms with Gasteiger partial charge in [-0.1, -0.05) is 47.7 Å². The van der Waals surface area contributed by atoms with Crippen LogP contribution in [0.3, 0.4) is 0 Å². The highest BCUT2D eigenvalue weighted by atomic mass is 32.2. The molecule has 0 aliphatic heterocycles. The third-order valence-corrected chi connectivity index (χ3v) is 5.10. The van der Waals surface area contributed by atoms with Gasteiger partial charge in [0, 0.05) is 4.90 Å². The fourth-order valence-electron chi connectivity index (χ4n) is 2.46. The first-order chi connectivity index (χ1) is 13.1. The van der Waals surface area contributed by atoms with Gasteiger partial charge >= 0.3 is 0 Å². The molecule has 3 rings (SSSR count). The summed E-state index contributed by atoms with van der Waals surface area (Å²) in [7, 11) is 1.65. The van der Waals surface area contributed by atoms with Crippen molar-refractivity contribution in [3.63, 3.8) is 0 Å². The van der Waals surface area contributed by atoms with Crippen LogP contribution in [0.1, 0.15) is 12.5 Å². The fraction of sp³-hybridized carbons (Fsp3) is 0.174. The minimum absolute atomic E-state index is 0.190. The molecule has 0 aromatic heterocycles. The molecule has 0 amide bonds. The van der Waals surface area contributed by atoms with E-state index in [1.165, 1.54) is 5.56 Å². The molecule has 0 radical (unpaired) electrons. The minimum Gasteiger partial charge on any atom is -0.497 e. The number of thioether (sulfide) groups is 1. The number of hydrogen-bond acceptors (Lipinski definition) is 4. The second-order valence-corrected chi connectivity index (χ2v) is 7.23. The van der Waals surface area contributed by atoms with E-state index in [1.54, 1.807) is 18.9 Å². The second kappa shape index (κ2) is 9.28. The van der Waals surface area contributed by atoms with E-state index in [1.807, 2.05) is 61.5 Å². The number of hydrogen-bond donors (Lipinski definition) is 0. The molecule has 0 aliphatic carbocycles. The summed E-state index contributed by atoms with van der Waals surface area (Å²) < 4.78 is 11.3. The largest absolute Gasteiger partial charge is 0.497 e. The van der Waals surface area contributed by atoms with E-state index in [9.17, 15) is 0 Å². The first kappa shape index (κ1) is 19.1. The van der Waals surface area contributed by atoms with E-state index in [2.05, 4.69) is 31.2 Å². The van der Waals surface area contributed by atoms with Crippen LogP contribution in [0.5, 0.6) is 11.5 Å². The Morgan fingerprint density at radius 2 is 1.48 bits per heavy atom. The number of methoxy groups -OCH3 is 1. The Bertz CT molecular complexity index is 875. The van der Waals surface area contributed by atoms with Gasteiger partial charge in [-0.2, -0.15) is 0 Å². The lowest BCUT2D eigenvalue weighted by Crippen LogP contribution is -2.21. The van der Waals surface area contributed by atoms with E-state index < -0.39 is 0 Å². The molecule has 0 aliphatic rings. The summed E-state index contributed by atoms with van der Waals surface area (Å²) in [6.07, 6.45) is -0.190. The lowest BCUT2D eigenvalue weighted by Gasteiger charge is -2.17. The van der Waals surface area contributed by atoms with Crippen LogP contribution in [0.15, 0.2) is 88.8 Å². The standard InChI is InChI=1S/C23H23NO2S/c1-17-9-11-19(12-10-17)24-23(27-22-7-5-4-6-8-22)18(2)26-21-15-13-20(25-3)14-16-21/h4-16,18H,1-3H3. The Balaban J connectivity index is 1.84. The lowest BCUT2D eigenvalue weighted by molar-refractivity contribution is 0.289. The number of ether oxygens (including phenoxy) is 2. The molecule has 0 saturated heterocycles. The maximum atomic E-state index is 6.14. The molecule has 1 unspecified atom stereocenters. The van der Waals surface area contributed by atoms with Gasteiger partial charge in [0.15, 0.2) is 0 Å². The lowest BCUT2D eigenvalue weighted by atomic mass is 10.2. The average Bonchev–Trinajstić information content (AvgIpc) is 2.70. The van der Waals surface area contributed by atoms with Crippen molar-refractivity contribution in [2.24, 2.45) is 4.99 Å². The van der Waals surface area contributed by atoms with Crippen molar-refractivity contribution >= 4 is 22.5 Å². The molecule has 1 atom stereocenters. The summed E-state index contributed by atoms with van der Waals surface area (Å²) in [6.45, 7) is 4.09. The number of rotatable bonds is 6. The summed E-state index contributed by atoms with van der Waals surface area (Å²) in [4.78, 5) is 5.99. The average molecular weight is 378 g/mol. The number of benzene rings is 3. The monoisotopic (exact) mass is 377 g/mol. The predicted octanol–water partition coefficient (Wildman–Crippen LogP) is 6.29. The third kappa shape index (κ3) is 5.63. The summed E-state index contributed by atoms with van der Waals surface area (Å²) in [5, 5.41) is 0.904. The van der Waals surface area contributed by atoms with Crippen LogP contribution >= 0.6 is 11.8 Å². The summed E-state index contributed by atoms with van der Waals surface area (Å²) in [6, 6.07) is 26.0. The smallest absolute Gasteiger partial charge is 0.144 e. The van der Waals surface area contributed by atoms with Gasteiger partial charge in [-0.05, 0) is 62.4 Å². The minimum atomic E-state index is -0.190. The molecule has 0 spiro atoms. The Kier molecular flexibility index (Phi) is 6.55. The van der Waals surface area contributed by atoms with E-state index in [0.717, 1.165) is 27.1 Å². The van der Waals surface area contributed by atoms with Gasteiger partial charge in [0.1, 0.15) is 22.6 Å². The molecule has 3 aromatic carbocycles. The van der Waals surface area contributed by atoms with E-state index in [-0.39, 0.29) is 6.10 Å². The summed E-state index contributed by atoms with van der Waals surface area (Å²) >= 11 is 1.62. The zero-order valence-electron chi connectivity index (χ0n) is 15.8. The normalized spacial score (nSPS) is 12.5. The van der Waals surface area contributed by atoms with E-state index in [4.69, 9.17) is 14.5 Å². The van der Waals surface area contributed by atoms with E-state index in [0.29, 0.717) is 0 Å². The summed E-state index contributed by atoms with van der Waals surface area (Å²) in [5.41, 5.74) is 2.14. The molecule has 27 heavy (non-hydrogen) atoms. The molecular formula is C23H23NO2S. The highest BCUT2D eigenvalue weighted by Gasteiger charge is 2.15. The van der Waals surface area contributed by atoms with Crippen LogP contribution in [0.2, 0.25) is 0 Å². The van der Waals surface area contributed by atoms with E-state index >= 15 is 0 Å². The zero-order chi connectivity index (χ0) is 19.1. The first-order valence-electron chi connectivity index (χ1n) is 8.83. The quantitative estimate of drug-likeness (QED) is 0.287. The SMILES string of the molecule is COc1ccc(OC(C)C(=Nc2ccc(C)cc2)Sc2ccccc2)cc1. The van der Waals surface area contributed by atoms with Crippen LogP contribution in [0, 0.1) is 6.92 Å². The molecule has 0 fully saturated rings. The molecule has 0 heterocycles. The van der Waals surface area contributed by atoms with Crippen LogP contribution in [-0.4, -0.2) is 18.3 Å².